The molecule has 0 saturated carbocycles. The molecule has 1 amide bonds. The van der Waals surface area contributed by atoms with Gasteiger partial charge in [-0.15, -0.1) is 0 Å². The van der Waals surface area contributed by atoms with Crippen LogP contribution in [0.4, 0.5) is 0 Å². The lowest BCUT2D eigenvalue weighted by Gasteiger charge is -2.22. The second kappa shape index (κ2) is 4.38. The van der Waals surface area contributed by atoms with Crippen LogP contribution in [0.2, 0.25) is 0 Å². The van der Waals surface area contributed by atoms with Crippen molar-refractivity contribution >= 4 is 65.6 Å². The van der Waals surface area contributed by atoms with Crippen LogP contribution in [0.25, 0.3) is 0 Å². The van der Waals surface area contributed by atoms with Gasteiger partial charge in [0.15, 0.2) is 0 Å². The van der Waals surface area contributed by atoms with E-state index in [9.17, 15) is 4.79 Å². The van der Waals surface area contributed by atoms with Gasteiger partial charge in [0.05, 0.1) is 0 Å². The molecule has 0 radical (unpaired) electrons. The zero-order valence-electron chi connectivity index (χ0n) is 6.14. The smallest absolute Gasteiger partial charge is 0.274 e. The van der Waals surface area contributed by atoms with E-state index in [-0.39, 0.29) is 0 Å². The Morgan fingerprint density at radius 1 is 1.15 bits per heavy atom. The van der Waals surface area contributed by atoms with Gasteiger partial charge in [-0.1, -0.05) is 0 Å². The molecule has 0 bridgehead atoms. The van der Waals surface area contributed by atoms with E-state index in [0.717, 1.165) is 0 Å². The highest BCUT2D eigenvalue weighted by Crippen LogP contribution is 2.35. The van der Waals surface area contributed by atoms with E-state index in [1.165, 1.54) is 0 Å². The molecule has 0 heterocycles. The Bertz CT molecular complexity index is 245. The molecule has 9 heteroatoms. The molecule has 6 nitrogen and oxygen atoms in total. The number of carbonyl (C=O) groups excluding carboxylic acids is 1. The van der Waals surface area contributed by atoms with Crippen LogP contribution in [0.15, 0.2) is 0 Å². The van der Waals surface area contributed by atoms with E-state index in [1.807, 2.05) is 0 Å². The molecule has 0 saturated heterocycles. The number of hydrogen-bond donors (Lipinski definition) is 4. The van der Waals surface area contributed by atoms with Crippen molar-refractivity contribution in [2.24, 2.45) is 11.5 Å². The summed E-state index contributed by atoms with van der Waals surface area (Å²) in [4.78, 5) is 11.9. The van der Waals surface area contributed by atoms with Crippen LogP contribution in [0.3, 0.4) is 0 Å². The number of amides is 1. The largest absolute Gasteiger partial charge is 0.369 e. The van der Waals surface area contributed by atoms with Crippen molar-refractivity contribution in [2.75, 3.05) is 0 Å². The number of alkyl halides is 3. The predicted octanol–water partition coefficient (Wildman–Crippen LogP) is 0.440. The highest BCUT2D eigenvalue weighted by Gasteiger charge is 2.36. The summed E-state index contributed by atoms with van der Waals surface area (Å²) in [6, 6.07) is 0. The van der Waals surface area contributed by atoms with Crippen molar-refractivity contribution in [1.29, 1.82) is 10.8 Å². The van der Waals surface area contributed by atoms with Gasteiger partial charge in [0, 0.05) is 0 Å². The number of nitrogens with one attached hydrogen (secondary N) is 2. The van der Waals surface area contributed by atoms with Crippen molar-refractivity contribution in [3.63, 3.8) is 0 Å². The second-order valence-corrected chi connectivity index (χ2v) is 8.67. The van der Waals surface area contributed by atoms with Crippen molar-refractivity contribution in [3.8, 4) is 0 Å². The molecule has 0 unspecified atom stereocenters. The van der Waals surface area contributed by atoms with Gasteiger partial charge >= 0.3 is 0 Å². The van der Waals surface area contributed by atoms with E-state index in [2.05, 4.69) is 47.8 Å². The highest BCUT2D eigenvalue weighted by atomic mass is 80.0. The van der Waals surface area contributed by atoms with E-state index in [4.69, 9.17) is 22.3 Å². The molecule has 0 atom stereocenters. The SMILES string of the molecule is N=C(N)N(C(=N)N)C(=O)C(Br)(Br)Br. The van der Waals surface area contributed by atoms with Crippen molar-refractivity contribution < 1.29 is 4.79 Å². The number of guanidine groups is 2. The molecule has 0 aliphatic rings. The Morgan fingerprint density at radius 3 is 1.54 bits per heavy atom. The first kappa shape index (κ1) is 12.8. The number of rotatable bonds is 0. The molecule has 0 aliphatic heterocycles. The maximum atomic E-state index is 11.4. The molecule has 0 fully saturated rings. The molecule has 0 rings (SSSR count). The molecular formula is C4H6Br3N5O. The van der Waals surface area contributed by atoms with Crippen LogP contribution < -0.4 is 11.5 Å². The summed E-state index contributed by atoms with van der Waals surface area (Å²) >= 11 is 8.76. The minimum atomic E-state index is -1.27. The average molecular weight is 380 g/mol. The fourth-order valence-corrected chi connectivity index (χ4v) is 1.01. The highest BCUT2D eigenvalue weighted by molar-refractivity contribution is 9.40. The Morgan fingerprint density at radius 2 is 1.46 bits per heavy atom. The first-order valence-electron chi connectivity index (χ1n) is 2.77. The molecule has 0 spiro atoms. The molecular weight excluding hydrogens is 374 g/mol. The van der Waals surface area contributed by atoms with Gasteiger partial charge in [0.1, 0.15) is 0 Å². The maximum absolute atomic E-state index is 11.4. The Balaban J connectivity index is 4.89. The number of nitrogens with two attached hydrogens (primary N) is 2. The predicted molar refractivity (Wildman–Crippen MR) is 60.2 cm³/mol. The molecule has 0 aliphatic carbocycles. The lowest BCUT2D eigenvalue weighted by Crippen LogP contribution is -2.52. The van der Waals surface area contributed by atoms with Crippen LogP contribution >= 0.6 is 47.8 Å². The minimum Gasteiger partial charge on any atom is -0.369 e. The summed E-state index contributed by atoms with van der Waals surface area (Å²) in [5, 5.41) is 14.0. The fourth-order valence-electron chi connectivity index (χ4n) is 0.475. The third-order valence-electron chi connectivity index (χ3n) is 0.927. The van der Waals surface area contributed by atoms with E-state index in [1.54, 1.807) is 0 Å². The van der Waals surface area contributed by atoms with E-state index in [0.29, 0.717) is 4.90 Å². The number of halogens is 3. The first-order valence-corrected chi connectivity index (χ1v) is 5.15. The Kier molecular flexibility index (Phi) is 4.33. The van der Waals surface area contributed by atoms with Crippen molar-refractivity contribution in [2.45, 2.75) is 2.14 Å². The van der Waals surface area contributed by atoms with Gasteiger partial charge in [-0.3, -0.25) is 15.6 Å². The third-order valence-corrected chi connectivity index (χ3v) is 1.94. The van der Waals surface area contributed by atoms with E-state index < -0.39 is 20.0 Å². The van der Waals surface area contributed by atoms with Crippen LogP contribution in [0.1, 0.15) is 0 Å². The van der Waals surface area contributed by atoms with Gasteiger partial charge in [-0.25, -0.2) is 4.90 Å². The maximum Gasteiger partial charge on any atom is 0.274 e. The minimum absolute atomic E-state index is 0.526. The molecule has 0 aromatic carbocycles. The van der Waals surface area contributed by atoms with E-state index >= 15 is 0 Å². The Hall–Kier alpha value is -0.150. The van der Waals surface area contributed by atoms with Crippen LogP contribution in [-0.4, -0.2) is 24.9 Å². The van der Waals surface area contributed by atoms with Gasteiger partial charge in [0.2, 0.25) is 14.1 Å². The molecule has 0 aromatic heterocycles. The van der Waals surface area contributed by atoms with Gasteiger partial charge in [-0.05, 0) is 47.8 Å². The third kappa shape index (κ3) is 3.61. The monoisotopic (exact) mass is 377 g/mol. The Labute approximate surface area is 99.4 Å². The summed E-state index contributed by atoms with van der Waals surface area (Å²) in [6.45, 7) is 0. The lowest BCUT2D eigenvalue weighted by molar-refractivity contribution is -0.122. The van der Waals surface area contributed by atoms with Crippen molar-refractivity contribution in [3.05, 3.63) is 0 Å². The second-order valence-electron chi connectivity index (χ2n) is 1.91. The average Bonchev–Trinajstić information content (AvgIpc) is 1.82. The van der Waals surface area contributed by atoms with Gasteiger partial charge in [0.25, 0.3) is 5.91 Å². The van der Waals surface area contributed by atoms with Crippen LogP contribution in [-0.2, 0) is 4.79 Å². The number of carbonyl (C=O) groups is 1. The van der Waals surface area contributed by atoms with Gasteiger partial charge < -0.3 is 11.5 Å². The quantitative estimate of drug-likeness (QED) is 0.277. The first-order chi connectivity index (χ1) is 5.68. The normalized spacial score (nSPS) is 10.7. The zero-order chi connectivity index (χ0) is 10.8. The number of nitrogens with zero attached hydrogens (tertiary/aromatic N) is 1. The number of hydrogen-bond acceptors (Lipinski definition) is 3. The van der Waals surface area contributed by atoms with Crippen LogP contribution in [0.5, 0.6) is 0 Å². The molecule has 74 valence electrons. The molecule has 13 heavy (non-hydrogen) atoms. The zero-order valence-corrected chi connectivity index (χ0v) is 10.9. The summed E-state index contributed by atoms with van der Waals surface area (Å²) in [5.41, 5.74) is 10.1. The summed E-state index contributed by atoms with van der Waals surface area (Å²) in [7, 11) is 0. The molecule has 6 N–H and O–H groups in total. The van der Waals surface area contributed by atoms with Crippen LogP contribution in [0, 0.1) is 10.8 Å². The topological polar surface area (TPSA) is 120 Å². The standard InChI is InChI=1S/C4H6Br3N5O/c5-4(6,7)1(13)12(2(8)9)3(10)11/h(H3,8,9)(H3,10,11). The lowest BCUT2D eigenvalue weighted by atomic mass is 10.6. The molecule has 0 aromatic rings. The summed E-state index contributed by atoms with van der Waals surface area (Å²) in [6.07, 6.45) is 0. The van der Waals surface area contributed by atoms with Crippen molar-refractivity contribution in [1.82, 2.24) is 4.90 Å². The fraction of sp³-hybridized carbons (Fsp3) is 0.250. The summed E-state index contributed by atoms with van der Waals surface area (Å²) < 4.78 is -1.27. The summed E-state index contributed by atoms with van der Waals surface area (Å²) in [5.74, 6) is -1.96. The van der Waals surface area contributed by atoms with Gasteiger partial charge in [-0.2, -0.15) is 0 Å².